The quantitative estimate of drug-likeness (QED) is 0.870. The van der Waals surface area contributed by atoms with Crippen LogP contribution in [-0.4, -0.2) is 7.05 Å². The third kappa shape index (κ3) is 3.05. The summed E-state index contributed by atoms with van der Waals surface area (Å²) < 4.78 is 1.06. The van der Waals surface area contributed by atoms with Crippen molar-refractivity contribution in [2.45, 2.75) is 26.8 Å². The van der Waals surface area contributed by atoms with E-state index in [1.807, 2.05) is 6.92 Å². The van der Waals surface area contributed by atoms with Crippen LogP contribution in [0.1, 0.15) is 29.7 Å². The van der Waals surface area contributed by atoms with Crippen molar-refractivity contribution < 1.29 is 0 Å². The van der Waals surface area contributed by atoms with Crippen LogP contribution in [0.3, 0.4) is 0 Å². The number of hydrogen-bond donors (Lipinski definition) is 1. The zero-order chi connectivity index (χ0) is 14.9. The summed E-state index contributed by atoms with van der Waals surface area (Å²) in [7, 11) is 2.09. The first-order chi connectivity index (χ1) is 9.40. The molecule has 0 saturated carbocycles. The molecule has 0 aromatic heterocycles. The highest BCUT2D eigenvalue weighted by molar-refractivity contribution is 9.10. The predicted molar refractivity (Wildman–Crippen MR) is 90.7 cm³/mol. The fourth-order valence-corrected chi connectivity index (χ4v) is 3.05. The largest absolute Gasteiger partial charge is 0.343 e. The third-order valence-corrected chi connectivity index (χ3v) is 4.21. The first-order valence-corrected chi connectivity index (χ1v) is 7.55. The molecule has 0 bridgehead atoms. The van der Waals surface area contributed by atoms with Crippen molar-refractivity contribution in [3.05, 3.63) is 57.6 Å². The van der Waals surface area contributed by atoms with Gasteiger partial charge in [0.15, 0.2) is 0 Å². The van der Waals surface area contributed by atoms with E-state index in [4.69, 9.17) is 5.73 Å². The zero-order valence-electron chi connectivity index (χ0n) is 12.4. The van der Waals surface area contributed by atoms with Gasteiger partial charge in [0.05, 0.1) is 5.69 Å². The van der Waals surface area contributed by atoms with Crippen molar-refractivity contribution in [2.75, 3.05) is 11.9 Å². The standard InChI is InChI=1S/C17H21BrN2/c1-11-5-7-16(12(2)9-11)20(4)17-8-6-14(13(3)19)10-15(17)18/h5-10,13H,19H2,1-4H3. The summed E-state index contributed by atoms with van der Waals surface area (Å²) >= 11 is 3.66. The molecule has 0 radical (unpaired) electrons. The normalized spacial score (nSPS) is 12.3. The van der Waals surface area contributed by atoms with E-state index < -0.39 is 0 Å². The highest BCUT2D eigenvalue weighted by Gasteiger charge is 2.11. The molecular weight excluding hydrogens is 312 g/mol. The van der Waals surface area contributed by atoms with Gasteiger partial charge >= 0.3 is 0 Å². The number of benzene rings is 2. The van der Waals surface area contributed by atoms with Crippen LogP contribution in [0, 0.1) is 13.8 Å². The first-order valence-electron chi connectivity index (χ1n) is 6.76. The number of anilines is 2. The van der Waals surface area contributed by atoms with Crippen molar-refractivity contribution in [3.63, 3.8) is 0 Å². The van der Waals surface area contributed by atoms with E-state index in [0.29, 0.717) is 0 Å². The van der Waals surface area contributed by atoms with Gasteiger partial charge in [0.1, 0.15) is 0 Å². The number of rotatable bonds is 3. The van der Waals surface area contributed by atoms with Crippen LogP contribution in [0.15, 0.2) is 40.9 Å². The molecule has 2 rings (SSSR count). The van der Waals surface area contributed by atoms with Gasteiger partial charge in [-0.15, -0.1) is 0 Å². The van der Waals surface area contributed by atoms with Crippen LogP contribution in [0.25, 0.3) is 0 Å². The maximum atomic E-state index is 5.93. The molecule has 0 spiro atoms. The minimum absolute atomic E-state index is 0.0479. The number of nitrogens with two attached hydrogens (primary N) is 1. The topological polar surface area (TPSA) is 29.3 Å². The van der Waals surface area contributed by atoms with Crippen LogP contribution >= 0.6 is 15.9 Å². The number of aryl methyl sites for hydroxylation is 2. The molecule has 3 heteroatoms. The summed E-state index contributed by atoms with van der Waals surface area (Å²) in [6, 6.07) is 12.9. The summed E-state index contributed by atoms with van der Waals surface area (Å²) in [5.41, 5.74) is 12.0. The Balaban J connectivity index is 2.40. The number of halogens is 1. The summed E-state index contributed by atoms with van der Waals surface area (Å²) in [6.45, 7) is 6.25. The molecule has 106 valence electrons. The lowest BCUT2D eigenvalue weighted by atomic mass is 10.1. The molecule has 0 amide bonds. The third-order valence-electron chi connectivity index (χ3n) is 3.57. The summed E-state index contributed by atoms with van der Waals surface area (Å²) in [5, 5.41) is 0. The van der Waals surface area contributed by atoms with Crippen molar-refractivity contribution in [3.8, 4) is 0 Å². The molecule has 0 fully saturated rings. The lowest BCUT2D eigenvalue weighted by Crippen LogP contribution is -2.12. The van der Waals surface area contributed by atoms with E-state index in [0.717, 1.165) is 15.7 Å². The second kappa shape index (κ2) is 5.98. The maximum Gasteiger partial charge on any atom is 0.0552 e. The molecule has 0 heterocycles. The van der Waals surface area contributed by atoms with Gasteiger partial charge in [-0.05, 0) is 66.0 Å². The van der Waals surface area contributed by atoms with Crippen molar-refractivity contribution >= 4 is 27.3 Å². The van der Waals surface area contributed by atoms with Crippen molar-refractivity contribution in [2.24, 2.45) is 5.73 Å². The molecule has 0 aliphatic carbocycles. The van der Waals surface area contributed by atoms with Gasteiger partial charge in [-0.25, -0.2) is 0 Å². The van der Waals surface area contributed by atoms with Gasteiger partial charge in [0.2, 0.25) is 0 Å². The van der Waals surface area contributed by atoms with Gasteiger partial charge in [-0.2, -0.15) is 0 Å². The van der Waals surface area contributed by atoms with Crippen LogP contribution in [0.2, 0.25) is 0 Å². The first kappa shape index (κ1) is 15.1. The van der Waals surface area contributed by atoms with Crippen LogP contribution in [-0.2, 0) is 0 Å². The lowest BCUT2D eigenvalue weighted by Gasteiger charge is -2.24. The smallest absolute Gasteiger partial charge is 0.0552 e. The molecule has 1 unspecified atom stereocenters. The van der Waals surface area contributed by atoms with E-state index >= 15 is 0 Å². The zero-order valence-corrected chi connectivity index (χ0v) is 14.0. The molecule has 1 atom stereocenters. The lowest BCUT2D eigenvalue weighted by molar-refractivity contribution is 0.817. The van der Waals surface area contributed by atoms with E-state index in [9.17, 15) is 0 Å². The van der Waals surface area contributed by atoms with Crippen molar-refractivity contribution in [1.82, 2.24) is 0 Å². The average Bonchev–Trinajstić information content (AvgIpc) is 2.37. The number of hydrogen-bond acceptors (Lipinski definition) is 2. The molecule has 2 N–H and O–H groups in total. The Hall–Kier alpha value is -1.32. The second-order valence-corrected chi connectivity index (χ2v) is 6.20. The van der Waals surface area contributed by atoms with E-state index in [-0.39, 0.29) is 6.04 Å². The SMILES string of the molecule is Cc1ccc(N(C)c2ccc(C(C)N)cc2Br)c(C)c1. The number of nitrogens with zero attached hydrogens (tertiary/aromatic N) is 1. The molecule has 2 nitrogen and oxygen atoms in total. The molecular formula is C17H21BrN2. The Kier molecular flexibility index (Phi) is 4.51. The second-order valence-electron chi connectivity index (χ2n) is 5.35. The molecule has 0 aliphatic rings. The molecule has 0 saturated heterocycles. The van der Waals surface area contributed by atoms with Crippen LogP contribution < -0.4 is 10.6 Å². The van der Waals surface area contributed by atoms with Gasteiger partial charge in [-0.3, -0.25) is 0 Å². The highest BCUT2D eigenvalue weighted by atomic mass is 79.9. The van der Waals surface area contributed by atoms with E-state index in [1.54, 1.807) is 0 Å². The summed E-state index contributed by atoms with van der Waals surface area (Å²) in [5.74, 6) is 0. The van der Waals surface area contributed by atoms with Crippen molar-refractivity contribution in [1.29, 1.82) is 0 Å². The molecule has 2 aromatic rings. The molecule has 0 aliphatic heterocycles. The van der Waals surface area contributed by atoms with Gasteiger partial charge in [0.25, 0.3) is 0 Å². The Labute approximate surface area is 129 Å². The maximum absolute atomic E-state index is 5.93. The van der Waals surface area contributed by atoms with E-state index in [2.05, 4.69) is 78.1 Å². The van der Waals surface area contributed by atoms with Crippen LogP contribution in [0.5, 0.6) is 0 Å². The van der Waals surface area contributed by atoms with Gasteiger partial charge in [0, 0.05) is 23.2 Å². The average molecular weight is 333 g/mol. The fraction of sp³-hybridized carbons (Fsp3) is 0.294. The minimum Gasteiger partial charge on any atom is -0.343 e. The predicted octanol–water partition coefficient (Wildman–Crippen LogP) is 4.85. The Morgan fingerprint density at radius 1 is 1.05 bits per heavy atom. The monoisotopic (exact) mass is 332 g/mol. The molecule has 20 heavy (non-hydrogen) atoms. The Morgan fingerprint density at radius 3 is 2.25 bits per heavy atom. The Bertz CT molecular complexity index is 620. The Morgan fingerprint density at radius 2 is 1.70 bits per heavy atom. The highest BCUT2D eigenvalue weighted by Crippen LogP contribution is 2.34. The minimum atomic E-state index is 0.0479. The van der Waals surface area contributed by atoms with Crippen LogP contribution in [0.4, 0.5) is 11.4 Å². The molecule has 2 aromatic carbocycles. The van der Waals surface area contributed by atoms with E-state index in [1.165, 1.54) is 16.8 Å². The summed E-state index contributed by atoms with van der Waals surface area (Å²) in [6.07, 6.45) is 0. The summed E-state index contributed by atoms with van der Waals surface area (Å²) in [4.78, 5) is 2.20. The van der Waals surface area contributed by atoms with Gasteiger partial charge < -0.3 is 10.6 Å². The van der Waals surface area contributed by atoms with Gasteiger partial charge in [-0.1, -0.05) is 23.8 Å². The fourth-order valence-electron chi connectivity index (χ4n) is 2.39.